The Kier molecular flexibility index (Phi) is 4.52. The Balaban J connectivity index is 2.44. The highest BCUT2D eigenvalue weighted by atomic mass is 16.5. The number of Topliss-reactive ketones (excluding diaryl/α,β-unsaturated/α-hetero) is 1. The summed E-state index contributed by atoms with van der Waals surface area (Å²) in [5, 5.41) is 0. The van der Waals surface area contributed by atoms with Gasteiger partial charge in [-0.05, 0) is 48.3 Å². The molecule has 2 nitrogen and oxygen atoms in total. The highest BCUT2D eigenvalue weighted by Crippen LogP contribution is 2.46. The minimum Gasteiger partial charge on any atom is -0.496 e. The van der Waals surface area contributed by atoms with Gasteiger partial charge in [0.15, 0.2) is 0 Å². The van der Waals surface area contributed by atoms with E-state index in [4.69, 9.17) is 4.74 Å². The first-order valence-electron chi connectivity index (χ1n) is 7.70. The van der Waals surface area contributed by atoms with E-state index in [1.165, 1.54) is 11.1 Å². The molecule has 0 heterocycles. The van der Waals surface area contributed by atoms with Crippen molar-refractivity contribution >= 4 is 5.78 Å². The number of hydrogen-bond donors (Lipinski definition) is 0. The summed E-state index contributed by atoms with van der Waals surface area (Å²) < 4.78 is 5.49. The smallest absolute Gasteiger partial charge is 0.133 e. The average Bonchev–Trinajstić information content (AvgIpc) is 2.43. The zero-order valence-corrected chi connectivity index (χ0v) is 13.2. The van der Waals surface area contributed by atoms with Gasteiger partial charge in [-0.25, -0.2) is 0 Å². The van der Waals surface area contributed by atoms with Crippen LogP contribution in [0.1, 0.15) is 57.1 Å². The van der Waals surface area contributed by atoms with Gasteiger partial charge in [-0.2, -0.15) is 0 Å². The molecule has 1 aliphatic rings. The molecule has 1 aromatic rings. The lowest BCUT2D eigenvalue weighted by Crippen LogP contribution is -2.39. The van der Waals surface area contributed by atoms with Crippen LogP contribution in [0.15, 0.2) is 18.2 Å². The minimum atomic E-state index is 0.143. The van der Waals surface area contributed by atoms with E-state index in [9.17, 15) is 4.79 Å². The van der Waals surface area contributed by atoms with E-state index in [0.29, 0.717) is 11.7 Å². The van der Waals surface area contributed by atoms with Crippen molar-refractivity contribution in [2.75, 3.05) is 7.11 Å². The molecule has 20 heavy (non-hydrogen) atoms. The maximum atomic E-state index is 11.7. The van der Waals surface area contributed by atoms with E-state index in [1.807, 2.05) is 0 Å². The molecule has 0 aromatic heterocycles. The number of carbonyl (C=O) groups excluding carboxylic acids is 1. The molecule has 0 saturated heterocycles. The number of ether oxygens (including phenoxy) is 1. The van der Waals surface area contributed by atoms with Gasteiger partial charge in [0.2, 0.25) is 0 Å². The summed E-state index contributed by atoms with van der Waals surface area (Å²) in [7, 11) is 1.73. The summed E-state index contributed by atoms with van der Waals surface area (Å²) in [6.45, 7) is 6.54. The molecule has 0 radical (unpaired) electrons. The van der Waals surface area contributed by atoms with E-state index in [2.05, 4.69) is 39.0 Å². The first-order valence-corrected chi connectivity index (χ1v) is 7.70. The molecular formula is C18H26O2. The Morgan fingerprint density at radius 1 is 1.40 bits per heavy atom. The molecule has 2 rings (SSSR count). The van der Waals surface area contributed by atoms with Crippen LogP contribution in [-0.4, -0.2) is 12.9 Å². The predicted octanol–water partition coefficient (Wildman–Crippen LogP) is 4.43. The number of ketones is 1. The fourth-order valence-electron chi connectivity index (χ4n) is 3.77. The fourth-order valence-corrected chi connectivity index (χ4v) is 3.77. The molecule has 0 aliphatic heterocycles. The number of rotatable bonds is 4. The van der Waals surface area contributed by atoms with Crippen LogP contribution >= 0.6 is 0 Å². The van der Waals surface area contributed by atoms with Crippen molar-refractivity contribution < 1.29 is 9.53 Å². The molecular weight excluding hydrogens is 248 g/mol. The van der Waals surface area contributed by atoms with Crippen LogP contribution < -0.4 is 4.74 Å². The third kappa shape index (κ3) is 2.61. The standard InChI is InChI=1S/C18H26O2/c1-5-9-18(10-8-16(19)11-14(18)3)15-7-6-13(2)17(12-15)20-4/h6-7,12,14H,5,8-11H2,1-4H3/t14-,18-/m0/s1. The minimum absolute atomic E-state index is 0.143. The fraction of sp³-hybridized carbons (Fsp3) is 0.611. The molecule has 110 valence electrons. The summed E-state index contributed by atoms with van der Waals surface area (Å²) in [6, 6.07) is 6.58. The van der Waals surface area contributed by atoms with Crippen LogP contribution in [0.3, 0.4) is 0 Å². The topological polar surface area (TPSA) is 26.3 Å². The Bertz CT molecular complexity index is 492. The Morgan fingerprint density at radius 3 is 2.75 bits per heavy atom. The average molecular weight is 274 g/mol. The number of methoxy groups -OCH3 is 1. The van der Waals surface area contributed by atoms with Gasteiger partial charge in [0.25, 0.3) is 0 Å². The molecule has 2 heteroatoms. The third-order valence-electron chi connectivity index (χ3n) is 5.01. The van der Waals surface area contributed by atoms with Crippen molar-refractivity contribution in [1.29, 1.82) is 0 Å². The summed E-state index contributed by atoms with van der Waals surface area (Å²) >= 11 is 0. The lowest BCUT2D eigenvalue weighted by molar-refractivity contribution is -0.123. The lowest BCUT2D eigenvalue weighted by atomic mass is 9.61. The second-order valence-corrected chi connectivity index (χ2v) is 6.23. The van der Waals surface area contributed by atoms with Crippen molar-refractivity contribution in [3.63, 3.8) is 0 Å². The molecule has 0 bridgehead atoms. The zero-order chi connectivity index (χ0) is 14.8. The second kappa shape index (κ2) is 5.99. The third-order valence-corrected chi connectivity index (χ3v) is 5.01. The first kappa shape index (κ1) is 15.1. The summed E-state index contributed by atoms with van der Waals surface area (Å²) in [4.78, 5) is 11.7. The van der Waals surface area contributed by atoms with Crippen molar-refractivity contribution in [2.45, 2.75) is 58.3 Å². The van der Waals surface area contributed by atoms with E-state index in [1.54, 1.807) is 7.11 Å². The summed E-state index contributed by atoms with van der Waals surface area (Å²) in [6.07, 6.45) is 4.71. The number of benzene rings is 1. The number of hydrogen-bond acceptors (Lipinski definition) is 2. The highest BCUT2D eigenvalue weighted by molar-refractivity contribution is 5.80. The molecule has 1 aliphatic carbocycles. The molecule has 0 unspecified atom stereocenters. The van der Waals surface area contributed by atoms with Gasteiger partial charge in [0.1, 0.15) is 11.5 Å². The van der Waals surface area contributed by atoms with Gasteiger partial charge in [-0.3, -0.25) is 4.79 Å². The lowest BCUT2D eigenvalue weighted by Gasteiger charge is -2.43. The monoisotopic (exact) mass is 274 g/mol. The van der Waals surface area contributed by atoms with Crippen molar-refractivity contribution in [1.82, 2.24) is 0 Å². The van der Waals surface area contributed by atoms with Crippen LogP contribution in [0.2, 0.25) is 0 Å². The van der Waals surface area contributed by atoms with Crippen LogP contribution in [0.25, 0.3) is 0 Å². The highest BCUT2D eigenvalue weighted by Gasteiger charge is 2.41. The summed E-state index contributed by atoms with van der Waals surface area (Å²) in [5.41, 5.74) is 2.66. The van der Waals surface area contributed by atoms with E-state index in [0.717, 1.165) is 37.9 Å². The van der Waals surface area contributed by atoms with Gasteiger partial charge in [0.05, 0.1) is 7.11 Å². The maximum Gasteiger partial charge on any atom is 0.133 e. The van der Waals surface area contributed by atoms with Gasteiger partial charge in [-0.1, -0.05) is 32.4 Å². The van der Waals surface area contributed by atoms with Gasteiger partial charge in [-0.15, -0.1) is 0 Å². The number of carbonyl (C=O) groups is 1. The quantitative estimate of drug-likeness (QED) is 0.812. The molecule has 0 amide bonds. The van der Waals surface area contributed by atoms with Crippen molar-refractivity contribution in [2.24, 2.45) is 5.92 Å². The molecule has 1 aromatic carbocycles. The molecule has 1 fully saturated rings. The van der Waals surface area contributed by atoms with Crippen LogP contribution in [-0.2, 0) is 10.2 Å². The van der Waals surface area contributed by atoms with E-state index < -0.39 is 0 Å². The van der Waals surface area contributed by atoms with Crippen molar-refractivity contribution in [3.05, 3.63) is 29.3 Å². The Morgan fingerprint density at radius 2 is 2.15 bits per heavy atom. The first-order chi connectivity index (χ1) is 9.53. The summed E-state index contributed by atoms with van der Waals surface area (Å²) in [5.74, 6) is 1.79. The molecule has 2 atom stereocenters. The van der Waals surface area contributed by atoms with Gasteiger partial charge >= 0.3 is 0 Å². The maximum absolute atomic E-state index is 11.7. The van der Waals surface area contributed by atoms with Crippen LogP contribution in [0.4, 0.5) is 0 Å². The Labute approximate surface area is 122 Å². The van der Waals surface area contributed by atoms with E-state index >= 15 is 0 Å². The predicted molar refractivity (Wildman–Crippen MR) is 82.3 cm³/mol. The molecule has 0 N–H and O–H groups in total. The SMILES string of the molecule is CCC[C@]1(c2ccc(C)c(OC)c2)CCC(=O)C[C@@H]1C. The van der Waals surface area contributed by atoms with Crippen LogP contribution in [0.5, 0.6) is 5.75 Å². The molecule has 0 spiro atoms. The number of aryl methyl sites for hydroxylation is 1. The largest absolute Gasteiger partial charge is 0.496 e. The van der Waals surface area contributed by atoms with E-state index in [-0.39, 0.29) is 5.41 Å². The van der Waals surface area contributed by atoms with Gasteiger partial charge in [0, 0.05) is 12.8 Å². The molecule has 1 saturated carbocycles. The normalized spacial score (nSPS) is 26.6. The van der Waals surface area contributed by atoms with Crippen LogP contribution in [0, 0.1) is 12.8 Å². The Hall–Kier alpha value is -1.31. The van der Waals surface area contributed by atoms with Crippen molar-refractivity contribution in [3.8, 4) is 5.75 Å². The second-order valence-electron chi connectivity index (χ2n) is 6.23. The van der Waals surface area contributed by atoms with Gasteiger partial charge < -0.3 is 4.74 Å². The zero-order valence-electron chi connectivity index (χ0n) is 13.2.